The zero-order valence-electron chi connectivity index (χ0n) is 50.6. The fourth-order valence-electron chi connectivity index (χ4n) is 12.0. The van der Waals surface area contributed by atoms with Crippen LogP contribution in [0.4, 0.5) is 17.1 Å². The minimum Gasteiger partial charge on any atom is -0.457 e. The summed E-state index contributed by atoms with van der Waals surface area (Å²) in [7, 11) is 0. The second kappa shape index (κ2) is 31.3. The number of carbonyl (C=O) groups excluding carboxylic acids is 3. The molecule has 3 fully saturated rings. The number of hydrogen-bond donors (Lipinski definition) is 9. The van der Waals surface area contributed by atoms with Crippen LogP contribution in [-0.4, -0.2) is 69.5 Å². The van der Waals surface area contributed by atoms with Gasteiger partial charge in [-0.3, -0.25) is 14.4 Å². The van der Waals surface area contributed by atoms with E-state index < -0.39 is 17.7 Å². The van der Waals surface area contributed by atoms with E-state index >= 15 is 0 Å². The lowest BCUT2D eigenvalue weighted by Crippen LogP contribution is -2.29. The van der Waals surface area contributed by atoms with E-state index in [1.165, 1.54) is 16.0 Å². The lowest BCUT2D eigenvalue weighted by atomic mass is 9.91. The maximum Gasteiger partial charge on any atom is 0.250 e. The molecule has 0 bridgehead atoms. The zero-order valence-corrected chi connectivity index (χ0v) is 51.4. The fourth-order valence-corrected chi connectivity index (χ4v) is 13.0. The number of benzene rings is 9. The number of carbonyl (C=O) groups is 3. The van der Waals surface area contributed by atoms with Gasteiger partial charge in [0.2, 0.25) is 0 Å². The molecule has 462 valence electrons. The van der Waals surface area contributed by atoms with Crippen LogP contribution < -0.4 is 37.9 Å². The second-order valence-corrected chi connectivity index (χ2v) is 24.6. The lowest BCUT2D eigenvalue weighted by Gasteiger charge is -2.28. The van der Waals surface area contributed by atoms with Crippen LogP contribution in [0.15, 0.2) is 228 Å². The number of ether oxygens (including phenoxy) is 1. The molecule has 3 aliphatic carbocycles. The van der Waals surface area contributed by atoms with Crippen LogP contribution in [0.2, 0.25) is 0 Å². The number of rotatable bonds is 18. The monoisotopic (exact) mass is 1220 g/mol. The van der Waals surface area contributed by atoms with Gasteiger partial charge in [0.25, 0.3) is 17.7 Å². The summed E-state index contributed by atoms with van der Waals surface area (Å²) in [6, 6.07) is 72.7. The molecule has 0 aliphatic heterocycles. The van der Waals surface area contributed by atoms with Crippen molar-refractivity contribution in [2.75, 3.05) is 16.0 Å². The van der Waals surface area contributed by atoms with Crippen molar-refractivity contribution in [1.82, 2.24) is 0 Å². The van der Waals surface area contributed by atoms with Crippen LogP contribution >= 0.6 is 11.8 Å². The minimum atomic E-state index is -0.464. The van der Waals surface area contributed by atoms with Crippen LogP contribution in [0.3, 0.4) is 0 Å². The van der Waals surface area contributed by atoms with E-state index in [1.54, 1.807) is 17.8 Å². The van der Waals surface area contributed by atoms with Crippen molar-refractivity contribution in [3.63, 3.8) is 0 Å². The molecule has 3 saturated carbocycles. The number of para-hydroxylation sites is 2. The van der Waals surface area contributed by atoms with Gasteiger partial charge >= 0.3 is 0 Å². The van der Waals surface area contributed by atoms with Gasteiger partial charge in [-0.25, -0.2) is 0 Å². The number of aliphatic hydroxyl groups is 3. The molecular weight excluding hydrogens is 1140 g/mol. The van der Waals surface area contributed by atoms with Crippen molar-refractivity contribution in [3.05, 3.63) is 246 Å². The molecule has 90 heavy (non-hydrogen) atoms. The van der Waals surface area contributed by atoms with Gasteiger partial charge < -0.3 is 53.2 Å². The van der Waals surface area contributed by atoms with E-state index in [4.69, 9.17) is 21.9 Å². The Morgan fingerprint density at radius 3 is 1.23 bits per heavy atom. The molecule has 3 amide bonds. The van der Waals surface area contributed by atoms with E-state index in [2.05, 4.69) is 82.7 Å². The molecule has 0 radical (unpaired) electrons. The molecule has 3 aliphatic rings. The van der Waals surface area contributed by atoms with Gasteiger partial charge in [0.15, 0.2) is 0 Å². The van der Waals surface area contributed by atoms with Gasteiger partial charge in [-0.2, -0.15) is 0 Å². The Hall–Kier alpha value is -9.18. The first kappa shape index (κ1) is 63.8. The summed E-state index contributed by atoms with van der Waals surface area (Å²) < 4.78 is 6.10. The van der Waals surface area contributed by atoms with Crippen molar-refractivity contribution < 1.29 is 34.4 Å². The highest BCUT2D eigenvalue weighted by Crippen LogP contribution is 2.40. The summed E-state index contributed by atoms with van der Waals surface area (Å²) in [5, 5.41) is 39.8. The normalized spacial score (nSPS) is 18.7. The average Bonchev–Trinajstić information content (AvgIpc) is 0.992. The van der Waals surface area contributed by atoms with Crippen molar-refractivity contribution in [3.8, 4) is 44.9 Å². The SMILES string of the molecule is NC(=O)c1ccc(-c2ccccc2Cc2ccccc2)cc1NC1CCC(O)CC1.NC(=O)c1ccc(-c2ccccc2Oc2ccccc2)cc1NC1CCC(O)CC1.NC(=O)c1ccc(-c2ccccc2Sc2ccccc2)cc1NC1CCC(O)CC1. The quantitative estimate of drug-likeness (QED) is 0.0392. The third kappa shape index (κ3) is 17.6. The Morgan fingerprint density at radius 2 is 0.767 bits per heavy atom. The Balaban J connectivity index is 0.000000148. The molecule has 12 rings (SSSR count). The number of hydrogen-bond acceptors (Lipinski definition) is 11. The van der Waals surface area contributed by atoms with E-state index in [9.17, 15) is 29.7 Å². The number of nitrogens with one attached hydrogen (secondary N) is 3. The molecule has 13 nitrogen and oxygen atoms in total. The predicted octanol–water partition coefficient (Wildman–Crippen LogP) is 15.0. The first-order chi connectivity index (χ1) is 43.8. The highest BCUT2D eigenvalue weighted by molar-refractivity contribution is 7.99. The molecule has 9 aromatic rings. The molecule has 0 unspecified atom stereocenters. The van der Waals surface area contributed by atoms with Crippen molar-refractivity contribution in [2.45, 2.75) is 130 Å². The number of aliphatic hydroxyl groups excluding tert-OH is 3. The zero-order chi connectivity index (χ0) is 62.8. The molecular formula is C76H80N6O7S. The summed E-state index contributed by atoms with van der Waals surface area (Å²) in [6.45, 7) is 0. The molecule has 12 N–H and O–H groups in total. The minimum absolute atomic E-state index is 0.206. The maximum absolute atomic E-state index is 12.0. The maximum atomic E-state index is 12.0. The van der Waals surface area contributed by atoms with Gasteiger partial charge in [-0.15, -0.1) is 0 Å². The predicted molar refractivity (Wildman–Crippen MR) is 363 cm³/mol. The molecule has 0 heterocycles. The molecule has 9 aromatic carbocycles. The van der Waals surface area contributed by atoms with Gasteiger partial charge in [-0.1, -0.05) is 157 Å². The Labute approximate surface area is 532 Å². The van der Waals surface area contributed by atoms with Crippen LogP contribution in [-0.2, 0) is 6.42 Å². The Kier molecular flexibility index (Phi) is 22.2. The van der Waals surface area contributed by atoms with E-state index in [0.717, 1.165) is 150 Å². The van der Waals surface area contributed by atoms with Gasteiger partial charge in [-0.05, 0) is 195 Å². The van der Waals surface area contributed by atoms with Crippen molar-refractivity contribution >= 4 is 46.5 Å². The van der Waals surface area contributed by atoms with Crippen LogP contribution in [0.5, 0.6) is 11.5 Å². The number of nitrogens with two attached hydrogens (primary N) is 3. The number of anilines is 3. The largest absolute Gasteiger partial charge is 0.457 e. The molecule has 14 heteroatoms. The fraction of sp³-hybridized carbons (Fsp3) is 0.250. The first-order valence-electron chi connectivity index (χ1n) is 31.2. The van der Waals surface area contributed by atoms with E-state index in [0.29, 0.717) is 16.7 Å². The van der Waals surface area contributed by atoms with Crippen LogP contribution in [0.1, 0.15) is 119 Å². The highest BCUT2D eigenvalue weighted by Gasteiger charge is 2.25. The van der Waals surface area contributed by atoms with Crippen LogP contribution in [0.25, 0.3) is 33.4 Å². The highest BCUT2D eigenvalue weighted by atomic mass is 32.2. The van der Waals surface area contributed by atoms with Gasteiger partial charge in [0, 0.05) is 50.5 Å². The second-order valence-electron chi connectivity index (χ2n) is 23.5. The standard InChI is InChI=1S/C26H28N2O2.C25H26N2O3.C25H26N2O2S/c27-26(30)24-15-10-20(17-25(24)28-21-11-13-22(29)14-12-21)23-9-5-4-8-19(23)16-18-6-2-1-3-7-18;2*26-25(29)22-15-10-17(16-23(22)27-18-11-13-19(28)14-12-18)21-8-4-5-9-24(21)30-20-6-2-1-3-7-20/h1-10,15,17,21-22,28-29H,11-14,16H2,(H2,27,30);2*1-10,15-16,18-19,27-28H,11-14H2,(H2,26,29). The summed E-state index contributed by atoms with van der Waals surface area (Å²) in [5.74, 6) is 0.165. The Bertz CT molecular complexity index is 3430. The third-order valence-electron chi connectivity index (χ3n) is 16.9. The topological polar surface area (TPSA) is 235 Å². The lowest BCUT2D eigenvalue weighted by molar-refractivity contribution is 0.0992. The first-order valence-corrected chi connectivity index (χ1v) is 32.0. The van der Waals surface area contributed by atoms with E-state index in [-0.39, 0.29) is 36.4 Å². The molecule has 0 spiro atoms. The van der Waals surface area contributed by atoms with E-state index in [1.807, 2.05) is 146 Å². The van der Waals surface area contributed by atoms with Gasteiger partial charge in [0.1, 0.15) is 11.5 Å². The number of amides is 3. The third-order valence-corrected chi connectivity index (χ3v) is 18.0. The summed E-state index contributed by atoms with van der Waals surface area (Å²) in [6.07, 6.45) is 10.1. The van der Waals surface area contributed by atoms with Crippen molar-refractivity contribution in [2.24, 2.45) is 17.2 Å². The molecule has 0 aromatic heterocycles. The van der Waals surface area contributed by atoms with Crippen molar-refractivity contribution in [1.29, 1.82) is 0 Å². The summed E-state index contributed by atoms with van der Waals surface area (Å²) >= 11 is 1.72. The number of primary amides is 3. The smallest absolute Gasteiger partial charge is 0.250 e. The molecule has 0 saturated heterocycles. The van der Waals surface area contributed by atoms with Gasteiger partial charge in [0.05, 0.1) is 35.0 Å². The molecule has 0 atom stereocenters. The summed E-state index contributed by atoms with van der Waals surface area (Å²) in [4.78, 5) is 38.3. The Morgan fingerprint density at radius 1 is 0.400 bits per heavy atom. The van der Waals surface area contributed by atoms with Crippen LogP contribution in [0, 0.1) is 0 Å². The summed E-state index contributed by atoms with van der Waals surface area (Å²) in [5.41, 5.74) is 29.4. The average molecular weight is 1220 g/mol.